The van der Waals surface area contributed by atoms with Crippen LogP contribution in [-0.2, 0) is 19.1 Å². The molecule has 7 nitrogen and oxygen atoms in total. The van der Waals surface area contributed by atoms with Gasteiger partial charge in [0.1, 0.15) is 0 Å². The third kappa shape index (κ3) is 7.11. The van der Waals surface area contributed by atoms with Gasteiger partial charge in [-0.25, -0.2) is 0 Å². The van der Waals surface area contributed by atoms with Crippen LogP contribution in [-0.4, -0.2) is 30.2 Å². The summed E-state index contributed by atoms with van der Waals surface area (Å²) in [7, 11) is 0. The zero-order valence-corrected chi connectivity index (χ0v) is 14.9. The summed E-state index contributed by atoms with van der Waals surface area (Å²) in [6, 6.07) is 15.3. The Morgan fingerprint density at radius 2 is 1.48 bits per heavy atom. The molecule has 2 aromatic carbocycles. The van der Waals surface area contributed by atoms with Crippen LogP contribution >= 0.6 is 0 Å². The van der Waals surface area contributed by atoms with Crippen molar-refractivity contribution in [2.24, 2.45) is 0 Å². The topological polar surface area (TPSA) is 102 Å². The maximum absolute atomic E-state index is 11.8. The number of esters is 1. The SMILES string of the molecule is CC(=O)c1cccc(NC(=O)COC(=O)CCC(=O)Nc2ccccc2)c1. The zero-order chi connectivity index (χ0) is 19.6. The number of Topliss-reactive ketones (excluding diaryl/α,β-unsaturated/α-hetero) is 1. The van der Waals surface area contributed by atoms with E-state index in [1.54, 1.807) is 42.5 Å². The number of benzene rings is 2. The molecule has 27 heavy (non-hydrogen) atoms. The molecule has 0 saturated heterocycles. The van der Waals surface area contributed by atoms with Crippen molar-refractivity contribution in [1.29, 1.82) is 0 Å². The lowest BCUT2D eigenvalue weighted by molar-refractivity contribution is -0.147. The number of ether oxygens (including phenoxy) is 1. The molecular weight excluding hydrogens is 348 g/mol. The van der Waals surface area contributed by atoms with E-state index in [1.165, 1.54) is 13.0 Å². The first kappa shape index (κ1) is 19.8. The van der Waals surface area contributed by atoms with E-state index in [0.717, 1.165) is 0 Å². The fraction of sp³-hybridized carbons (Fsp3) is 0.200. The predicted octanol–water partition coefficient (Wildman–Crippen LogP) is 2.79. The van der Waals surface area contributed by atoms with Crippen LogP contribution in [0.2, 0.25) is 0 Å². The molecule has 0 aromatic heterocycles. The van der Waals surface area contributed by atoms with Crippen molar-refractivity contribution in [3.8, 4) is 0 Å². The minimum absolute atomic E-state index is 0.0456. The Hall–Kier alpha value is -3.48. The number of carbonyl (C=O) groups excluding carboxylic acids is 4. The molecule has 0 atom stereocenters. The van der Waals surface area contributed by atoms with Crippen LogP contribution in [0.1, 0.15) is 30.1 Å². The molecule has 0 spiro atoms. The van der Waals surface area contributed by atoms with E-state index >= 15 is 0 Å². The lowest BCUT2D eigenvalue weighted by atomic mass is 10.1. The van der Waals surface area contributed by atoms with E-state index in [0.29, 0.717) is 16.9 Å². The molecule has 2 N–H and O–H groups in total. The van der Waals surface area contributed by atoms with Crippen molar-refractivity contribution in [2.45, 2.75) is 19.8 Å². The van der Waals surface area contributed by atoms with Crippen LogP contribution < -0.4 is 10.6 Å². The first-order valence-corrected chi connectivity index (χ1v) is 8.35. The van der Waals surface area contributed by atoms with Gasteiger partial charge in [0.25, 0.3) is 5.91 Å². The van der Waals surface area contributed by atoms with Crippen molar-refractivity contribution in [3.05, 3.63) is 60.2 Å². The van der Waals surface area contributed by atoms with Crippen molar-refractivity contribution in [3.63, 3.8) is 0 Å². The van der Waals surface area contributed by atoms with Crippen molar-refractivity contribution in [2.75, 3.05) is 17.2 Å². The summed E-state index contributed by atoms with van der Waals surface area (Å²) in [6.07, 6.45) is -0.179. The number of amides is 2. The number of nitrogens with one attached hydrogen (secondary N) is 2. The lowest BCUT2D eigenvalue weighted by Gasteiger charge is -2.08. The maximum atomic E-state index is 11.8. The Morgan fingerprint density at radius 1 is 0.815 bits per heavy atom. The van der Waals surface area contributed by atoms with Crippen LogP contribution in [0.15, 0.2) is 54.6 Å². The summed E-state index contributed by atoms with van der Waals surface area (Å²) in [6.45, 7) is 0.958. The molecule has 0 aliphatic carbocycles. The number of anilines is 2. The van der Waals surface area contributed by atoms with Crippen molar-refractivity contribution < 1.29 is 23.9 Å². The minimum Gasteiger partial charge on any atom is -0.456 e. The third-order valence-electron chi connectivity index (χ3n) is 3.53. The molecule has 0 unspecified atom stereocenters. The Morgan fingerprint density at radius 3 is 2.19 bits per heavy atom. The van der Waals surface area contributed by atoms with Gasteiger partial charge in [-0.15, -0.1) is 0 Å². The fourth-order valence-corrected chi connectivity index (χ4v) is 2.19. The van der Waals surface area contributed by atoms with Gasteiger partial charge in [0.15, 0.2) is 12.4 Å². The number of hydrogen-bond donors (Lipinski definition) is 2. The molecule has 140 valence electrons. The van der Waals surface area contributed by atoms with E-state index < -0.39 is 18.5 Å². The molecule has 0 aliphatic heterocycles. The van der Waals surface area contributed by atoms with Crippen LogP contribution in [0.25, 0.3) is 0 Å². The molecule has 2 aromatic rings. The van der Waals surface area contributed by atoms with Gasteiger partial charge in [0.05, 0.1) is 6.42 Å². The molecule has 7 heteroatoms. The van der Waals surface area contributed by atoms with Crippen LogP contribution in [0.4, 0.5) is 11.4 Å². The molecule has 0 saturated carbocycles. The van der Waals surface area contributed by atoms with Gasteiger partial charge in [-0.05, 0) is 31.2 Å². The second-order valence-electron chi connectivity index (χ2n) is 5.76. The Bertz CT molecular complexity index is 833. The highest BCUT2D eigenvalue weighted by Gasteiger charge is 2.11. The lowest BCUT2D eigenvalue weighted by Crippen LogP contribution is -2.22. The van der Waals surface area contributed by atoms with E-state index in [4.69, 9.17) is 4.74 Å². The second-order valence-corrected chi connectivity index (χ2v) is 5.76. The maximum Gasteiger partial charge on any atom is 0.306 e. The summed E-state index contributed by atoms with van der Waals surface area (Å²) >= 11 is 0. The van der Waals surface area contributed by atoms with E-state index in [1.807, 2.05) is 6.07 Å². The summed E-state index contributed by atoms with van der Waals surface area (Å²) in [5.74, 6) is -1.61. The molecule has 0 heterocycles. The number of carbonyl (C=O) groups is 4. The number of rotatable bonds is 8. The first-order chi connectivity index (χ1) is 12.9. The molecule has 2 amide bonds. The second kappa shape index (κ2) is 9.86. The summed E-state index contributed by atoms with van der Waals surface area (Å²) in [5.41, 5.74) is 1.54. The summed E-state index contributed by atoms with van der Waals surface area (Å²) < 4.78 is 4.86. The Labute approximate surface area is 156 Å². The Kier molecular flexibility index (Phi) is 7.25. The van der Waals surface area contributed by atoms with Gasteiger partial charge < -0.3 is 15.4 Å². The third-order valence-corrected chi connectivity index (χ3v) is 3.53. The minimum atomic E-state index is -0.647. The van der Waals surface area contributed by atoms with E-state index in [-0.39, 0.29) is 24.5 Å². The molecule has 0 bridgehead atoms. The highest BCUT2D eigenvalue weighted by Crippen LogP contribution is 2.11. The van der Waals surface area contributed by atoms with Crippen molar-refractivity contribution >= 4 is 34.9 Å². The van der Waals surface area contributed by atoms with E-state index in [2.05, 4.69) is 10.6 Å². The highest BCUT2D eigenvalue weighted by molar-refractivity contribution is 5.97. The first-order valence-electron chi connectivity index (χ1n) is 8.35. The predicted molar refractivity (Wildman–Crippen MR) is 100 cm³/mol. The van der Waals surface area contributed by atoms with Gasteiger partial charge in [0.2, 0.25) is 5.91 Å². The standard InChI is InChI=1S/C20H20N2O5/c1-14(23)15-6-5-9-17(12-15)22-19(25)13-27-20(26)11-10-18(24)21-16-7-3-2-4-8-16/h2-9,12H,10-11,13H2,1H3,(H,21,24)(H,22,25). The molecule has 0 fully saturated rings. The monoisotopic (exact) mass is 368 g/mol. The highest BCUT2D eigenvalue weighted by atomic mass is 16.5. The molecule has 0 aliphatic rings. The van der Waals surface area contributed by atoms with Gasteiger partial charge in [-0.3, -0.25) is 19.2 Å². The summed E-state index contributed by atoms with van der Waals surface area (Å²) in [5, 5.41) is 5.20. The number of para-hydroxylation sites is 1. The molecule has 2 rings (SSSR count). The zero-order valence-electron chi connectivity index (χ0n) is 14.9. The van der Waals surface area contributed by atoms with Gasteiger partial charge in [0, 0.05) is 23.4 Å². The number of hydrogen-bond acceptors (Lipinski definition) is 5. The van der Waals surface area contributed by atoms with Crippen molar-refractivity contribution in [1.82, 2.24) is 0 Å². The Balaban J connectivity index is 1.70. The average molecular weight is 368 g/mol. The largest absolute Gasteiger partial charge is 0.456 e. The molecule has 0 radical (unpaired) electrons. The smallest absolute Gasteiger partial charge is 0.306 e. The average Bonchev–Trinajstić information content (AvgIpc) is 2.65. The summed E-state index contributed by atoms with van der Waals surface area (Å²) in [4.78, 5) is 46.6. The van der Waals surface area contributed by atoms with E-state index in [9.17, 15) is 19.2 Å². The quantitative estimate of drug-likeness (QED) is 0.551. The normalized spacial score (nSPS) is 9.96. The van der Waals surface area contributed by atoms with Gasteiger partial charge in [-0.1, -0.05) is 30.3 Å². The molecular formula is C20H20N2O5. The fourth-order valence-electron chi connectivity index (χ4n) is 2.19. The van der Waals surface area contributed by atoms with Crippen LogP contribution in [0.3, 0.4) is 0 Å². The van der Waals surface area contributed by atoms with Gasteiger partial charge >= 0.3 is 5.97 Å². The van der Waals surface area contributed by atoms with Gasteiger partial charge in [-0.2, -0.15) is 0 Å². The van der Waals surface area contributed by atoms with Crippen LogP contribution in [0.5, 0.6) is 0 Å². The van der Waals surface area contributed by atoms with Crippen LogP contribution in [0, 0.1) is 0 Å². The number of ketones is 1.